The third-order valence-corrected chi connectivity index (χ3v) is 3.50. The van der Waals surface area contributed by atoms with Crippen molar-refractivity contribution in [2.75, 3.05) is 5.32 Å². The molecule has 1 amide bonds. The molecule has 3 rings (SSSR count). The highest BCUT2D eigenvalue weighted by atomic mass is 16.1. The fraction of sp³-hybridized carbons (Fsp3) is 0.105. The van der Waals surface area contributed by atoms with E-state index in [9.17, 15) is 4.79 Å². The lowest BCUT2D eigenvalue weighted by Gasteiger charge is -2.02. The molecule has 5 heteroatoms. The fourth-order valence-corrected chi connectivity index (χ4v) is 2.25. The Hall–Kier alpha value is -3.21. The summed E-state index contributed by atoms with van der Waals surface area (Å²) in [5.41, 5.74) is 2.19. The monoisotopic (exact) mass is 318 g/mol. The molecule has 1 N–H and O–H groups in total. The molecular weight excluding hydrogens is 300 g/mol. The van der Waals surface area contributed by atoms with Crippen LogP contribution in [0.25, 0.3) is 6.08 Å². The number of pyridine rings is 1. The zero-order chi connectivity index (χ0) is 16.6. The lowest BCUT2D eigenvalue weighted by molar-refractivity contribution is -0.111. The Morgan fingerprint density at radius 3 is 2.67 bits per heavy atom. The van der Waals surface area contributed by atoms with E-state index in [1.54, 1.807) is 24.5 Å². The lowest BCUT2D eigenvalue weighted by atomic mass is 10.2. The van der Waals surface area contributed by atoms with Crippen LogP contribution in [0.5, 0.6) is 0 Å². The van der Waals surface area contributed by atoms with Crippen molar-refractivity contribution in [3.05, 3.63) is 84.3 Å². The number of nitrogens with zero attached hydrogens (tertiary/aromatic N) is 3. The molecule has 5 nitrogen and oxygen atoms in total. The maximum Gasteiger partial charge on any atom is 0.249 e. The van der Waals surface area contributed by atoms with Crippen LogP contribution in [-0.4, -0.2) is 20.7 Å². The van der Waals surface area contributed by atoms with Gasteiger partial charge in [-0.2, -0.15) is 5.10 Å². The second kappa shape index (κ2) is 7.87. The van der Waals surface area contributed by atoms with E-state index in [4.69, 9.17) is 0 Å². The molecule has 0 spiro atoms. The number of aryl methyl sites for hydroxylation is 2. The first-order valence-corrected chi connectivity index (χ1v) is 7.76. The predicted molar refractivity (Wildman–Crippen MR) is 94.3 cm³/mol. The van der Waals surface area contributed by atoms with Gasteiger partial charge < -0.3 is 5.32 Å². The molecule has 0 atom stereocenters. The van der Waals surface area contributed by atoms with Gasteiger partial charge in [-0.1, -0.05) is 30.3 Å². The van der Waals surface area contributed by atoms with E-state index in [0.717, 1.165) is 18.5 Å². The maximum absolute atomic E-state index is 11.9. The minimum atomic E-state index is -0.196. The summed E-state index contributed by atoms with van der Waals surface area (Å²) >= 11 is 0. The quantitative estimate of drug-likeness (QED) is 0.710. The van der Waals surface area contributed by atoms with Gasteiger partial charge >= 0.3 is 0 Å². The van der Waals surface area contributed by atoms with Gasteiger partial charge in [-0.25, -0.2) is 0 Å². The van der Waals surface area contributed by atoms with Crippen LogP contribution in [0, 0.1) is 0 Å². The molecular formula is C19H18N4O. The summed E-state index contributed by atoms with van der Waals surface area (Å²) in [7, 11) is 0. The number of carbonyl (C=O) groups is 1. The zero-order valence-corrected chi connectivity index (χ0v) is 13.2. The Kier molecular flexibility index (Phi) is 5.14. The van der Waals surface area contributed by atoms with Gasteiger partial charge in [0.05, 0.1) is 0 Å². The van der Waals surface area contributed by atoms with Crippen LogP contribution < -0.4 is 5.32 Å². The van der Waals surface area contributed by atoms with E-state index in [-0.39, 0.29) is 5.91 Å². The van der Waals surface area contributed by atoms with Crippen molar-refractivity contribution in [1.29, 1.82) is 0 Å². The van der Waals surface area contributed by atoms with E-state index in [1.165, 1.54) is 11.6 Å². The smallest absolute Gasteiger partial charge is 0.249 e. The number of nitrogens with one attached hydrogen (secondary N) is 1. The van der Waals surface area contributed by atoms with Crippen molar-refractivity contribution in [3.63, 3.8) is 0 Å². The first-order chi connectivity index (χ1) is 11.8. The van der Waals surface area contributed by atoms with E-state index >= 15 is 0 Å². The van der Waals surface area contributed by atoms with E-state index in [1.807, 2.05) is 53.3 Å². The van der Waals surface area contributed by atoms with Crippen molar-refractivity contribution in [2.45, 2.75) is 13.0 Å². The van der Waals surface area contributed by atoms with Crippen LogP contribution in [0.1, 0.15) is 11.1 Å². The lowest BCUT2D eigenvalue weighted by Crippen LogP contribution is -2.09. The standard InChI is InChI=1S/C19H18N4O/c24-19(7-6-16-4-2-1-3-5-16)21-18-11-15-23(22-18)14-10-17-8-12-20-13-9-17/h1-9,11-13,15H,10,14H2,(H,21,22,24)/b7-6+. The second-order valence-electron chi connectivity index (χ2n) is 5.30. The van der Waals surface area contributed by atoms with Gasteiger partial charge in [-0.3, -0.25) is 14.5 Å². The number of benzene rings is 1. The summed E-state index contributed by atoms with van der Waals surface area (Å²) in [5, 5.41) is 7.12. The van der Waals surface area contributed by atoms with Gasteiger partial charge in [0.2, 0.25) is 5.91 Å². The minimum absolute atomic E-state index is 0.196. The minimum Gasteiger partial charge on any atom is -0.306 e. The van der Waals surface area contributed by atoms with Crippen molar-refractivity contribution in [2.24, 2.45) is 0 Å². The predicted octanol–water partition coefficient (Wildman–Crippen LogP) is 3.17. The first kappa shape index (κ1) is 15.7. The van der Waals surface area contributed by atoms with Crippen molar-refractivity contribution < 1.29 is 4.79 Å². The highest BCUT2D eigenvalue weighted by molar-refractivity contribution is 6.01. The molecule has 0 unspecified atom stereocenters. The normalized spacial score (nSPS) is 10.8. The third kappa shape index (κ3) is 4.64. The Bertz CT molecular complexity index is 810. The molecule has 24 heavy (non-hydrogen) atoms. The molecule has 2 heterocycles. The highest BCUT2D eigenvalue weighted by Crippen LogP contribution is 2.06. The van der Waals surface area contributed by atoms with Crippen molar-refractivity contribution >= 4 is 17.8 Å². The van der Waals surface area contributed by atoms with Gasteiger partial charge in [0.25, 0.3) is 0 Å². The molecule has 120 valence electrons. The summed E-state index contributed by atoms with van der Waals surface area (Å²) in [6, 6.07) is 15.5. The number of hydrogen-bond donors (Lipinski definition) is 1. The average molecular weight is 318 g/mol. The van der Waals surface area contributed by atoms with Crippen LogP contribution in [-0.2, 0) is 17.8 Å². The molecule has 0 fully saturated rings. The summed E-state index contributed by atoms with van der Waals surface area (Å²) in [6.45, 7) is 0.750. The van der Waals surface area contributed by atoms with Crippen LogP contribution in [0.3, 0.4) is 0 Å². The summed E-state index contributed by atoms with van der Waals surface area (Å²) in [4.78, 5) is 15.9. The number of hydrogen-bond acceptors (Lipinski definition) is 3. The number of carbonyl (C=O) groups excluding carboxylic acids is 1. The fourth-order valence-electron chi connectivity index (χ4n) is 2.25. The molecule has 2 aromatic heterocycles. The molecule has 0 aliphatic carbocycles. The maximum atomic E-state index is 11.9. The van der Waals surface area contributed by atoms with Gasteiger partial charge in [0, 0.05) is 37.3 Å². The summed E-state index contributed by atoms with van der Waals surface area (Å²) in [6.07, 6.45) is 9.57. The largest absolute Gasteiger partial charge is 0.306 e. The molecule has 0 saturated carbocycles. The molecule has 0 saturated heterocycles. The molecule has 1 aromatic carbocycles. The van der Waals surface area contributed by atoms with Crippen LogP contribution in [0.15, 0.2) is 73.2 Å². The SMILES string of the molecule is O=C(/C=C/c1ccccc1)Nc1ccn(CCc2ccncc2)n1. The van der Waals surface area contributed by atoms with Crippen LogP contribution in [0.2, 0.25) is 0 Å². The van der Waals surface area contributed by atoms with E-state index in [0.29, 0.717) is 5.82 Å². The molecule has 0 bridgehead atoms. The van der Waals surface area contributed by atoms with E-state index in [2.05, 4.69) is 15.4 Å². The van der Waals surface area contributed by atoms with E-state index < -0.39 is 0 Å². The van der Waals surface area contributed by atoms with Gasteiger partial charge in [-0.15, -0.1) is 0 Å². The number of rotatable bonds is 6. The molecule has 0 radical (unpaired) electrons. The summed E-state index contributed by atoms with van der Waals surface area (Å²) < 4.78 is 1.82. The van der Waals surface area contributed by atoms with Crippen molar-refractivity contribution in [3.8, 4) is 0 Å². The summed E-state index contributed by atoms with van der Waals surface area (Å²) in [5.74, 6) is 0.352. The zero-order valence-electron chi connectivity index (χ0n) is 13.2. The van der Waals surface area contributed by atoms with Crippen LogP contribution in [0.4, 0.5) is 5.82 Å². The Balaban J connectivity index is 1.52. The first-order valence-electron chi connectivity index (χ1n) is 7.76. The van der Waals surface area contributed by atoms with Crippen LogP contribution >= 0.6 is 0 Å². The van der Waals surface area contributed by atoms with Crippen molar-refractivity contribution in [1.82, 2.24) is 14.8 Å². The Labute approximate surface area is 140 Å². The molecule has 3 aromatic rings. The van der Waals surface area contributed by atoms with Gasteiger partial charge in [0.15, 0.2) is 5.82 Å². The van der Waals surface area contributed by atoms with Gasteiger partial charge in [-0.05, 0) is 35.8 Å². The second-order valence-corrected chi connectivity index (χ2v) is 5.30. The van der Waals surface area contributed by atoms with Gasteiger partial charge in [0.1, 0.15) is 0 Å². The number of aromatic nitrogens is 3. The Morgan fingerprint density at radius 2 is 1.88 bits per heavy atom. The number of amides is 1. The Morgan fingerprint density at radius 1 is 1.08 bits per heavy atom. The average Bonchev–Trinajstić information content (AvgIpc) is 3.07. The number of anilines is 1. The third-order valence-electron chi connectivity index (χ3n) is 3.50. The topological polar surface area (TPSA) is 59.8 Å². The highest BCUT2D eigenvalue weighted by Gasteiger charge is 2.02. The molecule has 0 aliphatic heterocycles. The molecule has 0 aliphatic rings.